The monoisotopic (exact) mass is 540 g/mol. The second-order valence-corrected chi connectivity index (χ2v) is 9.64. The highest BCUT2D eigenvalue weighted by Gasteiger charge is 2.35. The minimum absolute atomic E-state index is 0.152. The Bertz CT molecular complexity index is 1750. The number of rotatable bonds is 7. The van der Waals surface area contributed by atoms with Crippen LogP contribution in [-0.4, -0.2) is 35.3 Å². The van der Waals surface area contributed by atoms with Crippen LogP contribution in [0.25, 0.3) is 11.8 Å². The third-order valence-corrected chi connectivity index (χ3v) is 7.24. The predicted octanol–water partition coefficient (Wildman–Crippen LogP) is 3.64. The molecular formula is C30H24N2O6S. The SMILES string of the molecule is CCOC(=O)C1=C(c2ccccc2)N=c2s/c(=C\c3ccc(C(=O)O)cc3)c(=O)n2[C@H]1c1ccc(OC)cc1. The summed E-state index contributed by atoms with van der Waals surface area (Å²) < 4.78 is 12.7. The Morgan fingerprint density at radius 3 is 2.33 bits per heavy atom. The number of thiazole rings is 1. The molecule has 4 aromatic rings. The van der Waals surface area contributed by atoms with E-state index in [1.165, 1.54) is 28.0 Å². The van der Waals surface area contributed by atoms with Gasteiger partial charge in [0.05, 0.1) is 41.1 Å². The van der Waals surface area contributed by atoms with Gasteiger partial charge in [0.2, 0.25) is 0 Å². The van der Waals surface area contributed by atoms with E-state index in [0.29, 0.717) is 31.9 Å². The lowest BCUT2D eigenvalue weighted by Gasteiger charge is -2.26. The minimum atomic E-state index is -1.03. The Kier molecular flexibility index (Phi) is 7.25. The van der Waals surface area contributed by atoms with E-state index < -0.39 is 18.0 Å². The van der Waals surface area contributed by atoms with Gasteiger partial charge in [-0.25, -0.2) is 14.6 Å². The number of aromatic nitrogens is 1. The molecule has 39 heavy (non-hydrogen) atoms. The predicted molar refractivity (Wildman–Crippen MR) is 147 cm³/mol. The molecule has 1 atom stereocenters. The number of aromatic carboxylic acids is 1. The molecule has 0 unspecified atom stereocenters. The van der Waals surface area contributed by atoms with Gasteiger partial charge in [-0.3, -0.25) is 9.36 Å². The highest BCUT2D eigenvalue weighted by molar-refractivity contribution is 7.07. The molecule has 0 aliphatic carbocycles. The maximum atomic E-state index is 13.9. The van der Waals surface area contributed by atoms with E-state index in [1.807, 2.05) is 42.5 Å². The molecule has 0 spiro atoms. The Morgan fingerprint density at radius 1 is 1.03 bits per heavy atom. The molecule has 1 aliphatic heterocycles. The van der Waals surface area contributed by atoms with Gasteiger partial charge < -0.3 is 14.6 Å². The number of fused-ring (bicyclic) bond motifs is 1. The fraction of sp³-hybridized carbons (Fsp3) is 0.133. The first-order chi connectivity index (χ1) is 18.9. The summed E-state index contributed by atoms with van der Waals surface area (Å²) in [5.41, 5.74) is 2.61. The number of esters is 1. The molecule has 0 saturated heterocycles. The molecule has 2 heterocycles. The summed E-state index contributed by atoms with van der Waals surface area (Å²) >= 11 is 1.20. The van der Waals surface area contributed by atoms with E-state index in [0.717, 1.165) is 5.56 Å². The summed E-state index contributed by atoms with van der Waals surface area (Å²) in [4.78, 5) is 43.8. The molecule has 3 aromatic carbocycles. The van der Waals surface area contributed by atoms with Crippen LogP contribution in [0.1, 0.15) is 40.0 Å². The second-order valence-electron chi connectivity index (χ2n) is 8.63. The minimum Gasteiger partial charge on any atom is -0.497 e. The Morgan fingerprint density at radius 2 is 1.72 bits per heavy atom. The summed E-state index contributed by atoms with van der Waals surface area (Å²) in [7, 11) is 1.57. The van der Waals surface area contributed by atoms with Gasteiger partial charge in [-0.15, -0.1) is 0 Å². The van der Waals surface area contributed by atoms with Crippen LogP contribution in [0.5, 0.6) is 5.75 Å². The van der Waals surface area contributed by atoms with Crippen molar-refractivity contribution >= 4 is 35.0 Å². The van der Waals surface area contributed by atoms with Gasteiger partial charge in [-0.2, -0.15) is 0 Å². The zero-order chi connectivity index (χ0) is 27.5. The van der Waals surface area contributed by atoms with Gasteiger partial charge in [-0.05, 0) is 48.4 Å². The number of carboxylic acid groups (broad SMARTS) is 1. The van der Waals surface area contributed by atoms with Crippen molar-refractivity contribution in [1.29, 1.82) is 0 Å². The molecule has 0 radical (unpaired) electrons. The van der Waals surface area contributed by atoms with Crippen molar-refractivity contribution < 1.29 is 24.2 Å². The summed E-state index contributed by atoms with van der Waals surface area (Å²) in [6.45, 7) is 1.89. The Labute approximate surface area is 227 Å². The van der Waals surface area contributed by atoms with Crippen molar-refractivity contribution in [2.45, 2.75) is 13.0 Å². The van der Waals surface area contributed by atoms with Crippen molar-refractivity contribution in [1.82, 2.24) is 4.57 Å². The summed E-state index contributed by atoms with van der Waals surface area (Å²) in [5.74, 6) is -0.944. The highest BCUT2D eigenvalue weighted by atomic mass is 32.1. The average Bonchev–Trinajstić information content (AvgIpc) is 3.27. The zero-order valence-corrected chi connectivity index (χ0v) is 22.0. The lowest BCUT2D eigenvalue weighted by Crippen LogP contribution is -2.40. The number of carbonyl (C=O) groups excluding carboxylic acids is 1. The van der Waals surface area contributed by atoms with Gasteiger partial charge in [0.25, 0.3) is 5.56 Å². The number of methoxy groups -OCH3 is 1. The highest BCUT2D eigenvalue weighted by Crippen LogP contribution is 2.35. The molecule has 8 nitrogen and oxygen atoms in total. The van der Waals surface area contributed by atoms with E-state index >= 15 is 0 Å². The number of benzene rings is 3. The zero-order valence-electron chi connectivity index (χ0n) is 21.2. The van der Waals surface area contributed by atoms with Crippen LogP contribution in [0.2, 0.25) is 0 Å². The van der Waals surface area contributed by atoms with Crippen LogP contribution in [0, 0.1) is 0 Å². The van der Waals surface area contributed by atoms with Gasteiger partial charge in [0.15, 0.2) is 4.80 Å². The Balaban J connectivity index is 1.78. The number of carbonyl (C=O) groups is 2. The molecule has 0 fully saturated rings. The third kappa shape index (κ3) is 5.04. The molecular weight excluding hydrogens is 516 g/mol. The van der Waals surface area contributed by atoms with E-state index in [2.05, 4.69) is 0 Å². The number of hydrogen-bond acceptors (Lipinski definition) is 7. The molecule has 9 heteroatoms. The molecule has 0 amide bonds. The molecule has 1 aromatic heterocycles. The number of ether oxygens (including phenoxy) is 2. The second kappa shape index (κ2) is 10.9. The van der Waals surface area contributed by atoms with Crippen LogP contribution in [0.15, 0.2) is 94.2 Å². The van der Waals surface area contributed by atoms with Crippen LogP contribution in [-0.2, 0) is 9.53 Å². The molecule has 1 N–H and O–H groups in total. The number of hydrogen-bond donors (Lipinski definition) is 1. The molecule has 196 valence electrons. The quantitative estimate of drug-likeness (QED) is 0.359. The fourth-order valence-corrected chi connectivity index (χ4v) is 5.42. The normalized spacial score (nSPS) is 14.9. The van der Waals surface area contributed by atoms with Crippen LogP contribution in [0.3, 0.4) is 0 Å². The van der Waals surface area contributed by atoms with Gasteiger partial charge in [0, 0.05) is 5.56 Å². The summed E-state index contributed by atoms with van der Waals surface area (Å²) in [6.07, 6.45) is 1.69. The standard InChI is InChI=1S/C30H24N2O6S/c1-3-38-29(36)24-25(19-7-5-4-6-8-19)31-30-32(26(24)20-13-15-22(37-2)16-14-20)27(33)23(39-30)17-18-9-11-21(12-10-18)28(34)35/h4-17,26H,3H2,1-2H3,(H,34,35)/b23-17-/t26-/m0/s1. The average molecular weight is 541 g/mol. The number of carboxylic acids is 1. The van der Waals surface area contributed by atoms with Crippen LogP contribution < -0.4 is 19.6 Å². The van der Waals surface area contributed by atoms with E-state index in [1.54, 1.807) is 44.4 Å². The van der Waals surface area contributed by atoms with Crippen molar-refractivity contribution in [3.8, 4) is 5.75 Å². The first kappa shape index (κ1) is 25.9. The smallest absolute Gasteiger partial charge is 0.338 e. The molecule has 0 bridgehead atoms. The van der Waals surface area contributed by atoms with Crippen molar-refractivity contribution in [3.05, 3.63) is 126 Å². The summed E-state index contributed by atoms with van der Waals surface area (Å²) in [5, 5.41) is 9.19. The van der Waals surface area contributed by atoms with Gasteiger partial charge in [0.1, 0.15) is 5.75 Å². The van der Waals surface area contributed by atoms with Crippen molar-refractivity contribution in [3.63, 3.8) is 0 Å². The first-order valence-electron chi connectivity index (χ1n) is 12.2. The lowest BCUT2D eigenvalue weighted by molar-refractivity contribution is -0.138. The van der Waals surface area contributed by atoms with Crippen LogP contribution >= 0.6 is 11.3 Å². The van der Waals surface area contributed by atoms with E-state index in [4.69, 9.17) is 14.5 Å². The van der Waals surface area contributed by atoms with Crippen molar-refractivity contribution in [2.75, 3.05) is 13.7 Å². The number of nitrogens with zero attached hydrogens (tertiary/aromatic N) is 2. The van der Waals surface area contributed by atoms with Gasteiger partial charge >= 0.3 is 11.9 Å². The topological polar surface area (TPSA) is 107 Å². The Hall–Kier alpha value is -4.76. The van der Waals surface area contributed by atoms with E-state index in [9.17, 15) is 19.5 Å². The maximum absolute atomic E-state index is 13.9. The third-order valence-electron chi connectivity index (χ3n) is 6.26. The van der Waals surface area contributed by atoms with Gasteiger partial charge in [-0.1, -0.05) is 65.9 Å². The van der Waals surface area contributed by atoms with Crippen molar-refractivity contribution in [2.24, 2.45) is 4.99 Å². The van der Waals surface area contributed by atoms with Crippen LogP contribution in [0.4, 0.5) is 0 Å². The maximum Gasteiger partial charge on any atom is 0.338 e. The molecule has 5 rings (SSSR count). The first-order valence-corrected chi connectivity index (χ1v) is 13.0. The molecule has 0 saturated carbocycles. The van der Waals surface area contributed by atoms with E-state index in [-0.39, 0.29) is 23.3 Å². The fourth-order valence-electron chi connectivity index (χ4n) is 4.42. The lowest BCUT2D eigenvalue weighted by atomic mass is 9.93. The largest absolute Gasteiger partial charge is 0.497 e. The summed E-state index contributed by atoms with van der Waals surface area (Å²) in [6, 6.07) is 22.0. The molecule has 1 aliphatic rings.